The van der Waals surface area contributed by atoms with Crippen molar-refractivity contribution in [2.75, 3.05) is 13.2 Å². The summed E-state index contributed by atoms with van der Waals surface area (Å²) in [5, 5.41) is 10.6. The number of phenolic OH excluding ortho intramolecular Hbond substituents is 1. The molecule has 0 bridgehead atoms. The minimum Gasteiger partial charge on any atom is -0.507 e. The summed E-state index contributed by atoms with van der Waals surface area (Å²) < 4.78 is 10.4. The third-order valence-corrected chi connectivity index (χ3v) is 4.22. The lowest BCUT2D eigenvalue weighted by Gasteiger charge is -2.11. The zero-order valence-electron chi connectivity index (χ0n) is 13.7. The molecule has 25 heavy (non-hydrogen) atoms. The van der Waals surface area contributed by atoms with Crippen LogP contribution in [0.2, 0.25) is 5.02 Å². The third kappa shape index (κ3) is 3.96. The highest BCUT2D eigenvalue weighted by molar-refractivity contribution is 6.32. The third-order valence-electron chi connectivity index (χ3n) is 3.92. The summed E-state index contributed by atoms with van der Waals surface area (Å²) in [4.78, 5) is 26.6. The van der Waals surface area contributed by atoms with Gasteiger partial charge in [-0.25, -0.2) is 4.79 Å². The molecule has 6 nitrogen and oxygen atoms in total. The molecule has 1 saturated carbocycles. The number of rotatable bonds is 6. The van der Waals surface area contributed by atoms with Crippen LogP contribution in [0.15, 0.2) is 29.2 Å². The van der Waals surface area contributed by atoms with Crippen LogP contribution in [0.1, 0.15) is 30.1 Å². The second kappa shape index (κ2) is 7.19. The Labute approximate surface area is 149 Å². The molecule has 0 radical (unpaired) electrons. The summed E-state index contributed by atoms with van der Waals surface area (Å²) in [6, 6.07) is 4.18. The predicted octanol–water partition coefficient (Wildman–Crippen LogP) is 3.37. The van der Waals surface area contributed by atoms with Crippen LogP contribution in [0.3, 0.4) is 0 Å². The van der Waals surface area contributed by atoms with E-state index in [-0.39, 0.29) is 17.9 Å². The molecule has 0 unspecified atom stereocenters. The number of aromatic amines is 1. The first-order valence-electron chi connectivity index (χ1n) is 8.05. The lowest BCUT2D eigenvalue weighted by molar-refractivity contribution is 0.0524. The van der Waals surface area contributed by atoms with Gasteiger partial charge in [0.25, 0.3) is 0 Å². The molecule has 1 heterocycles. The molecular formula is C18H18ClNO5. The first kappa shape index (κ1) is 17.4. The van der Waals surface area contributed by atoms with Crippen molar-refractivity contribution < 1.29 is 19.4 Å². The monoisotopic (exact) mass is 363 g/mol. The van der Waals surface area contributed by atoms with E-state index >= 15 is 0 Å². The molecular weight excluding hydrogens is 346 g/mol. The largest absolute Gasteiger partial charge is 0.507 e. The van der Waals surface area contributed by atoms with Gasteiger partial charge in [-0.2, -0.15) is 0 Å². The van der Waals surface area contributed by atoms with Crippen LogP contribution in [0.4, 0.5) is 0 Å². The van der Waals surface area contributed by atoms with Crippen molar-refractivity contribution in [3.8, 4) is 22.8 Å². The molecule has 0 spiro atoms. The predicted molar refractivity (Wildman–Crippen MR) is 93.3 cm³/mol. The number of halogens is 1. The van der Waals surface area contributed by atoms with E-state index in [9.17, 15) is 14.7 Å². The van der Waals surface area contributed by atoms with E-state index in [0.29, 0.717) is 34.6 Å². The molecule has 1 aliphatic rings. The van der Waals surface area contributed by atoms with Gasteiger partial charge in [0.2, 0.25) is 0 Å². The van der Waals surface area contributed by atoms with Crippen molar-refractivity contribution in [3.05, 3.63) is 45.2 Å². The summed E-state index contributed by atoms with van der Waals surface area (Å²) in [5.41, 5.74) is 0.0832. The molecule has 3 rings (SSSR count). The number of aromatic hydroxyl groups is 1. The number of hydrogen-bond donors (Lipinski definition) is 2. The Kier molecular flexibility index (Phi) is 4.99. The highest BCUT2D eigenvalue weighted by Gasteiger charge is 2.23. The van der Waals surface area contributed by atoms with E-state index < -0.39 is 11.4 Å². The Morgan fingerprint density at radius 2 is 2.12 bits per heavy atom. The number of esters is 1. The number of aromatic nitrogens is 1. The van der Waals surface area contributed by atoms with Crippen LogP contribution in [-0.4, -0.2) is 29.3 Å². The fraction of sp³-hybridized carbons (Fsp3) is 0.333. The topological polar surface area (TPSA) is 88.6 Å². The molecule has 2 aromatic rings. The second-order valence-corrected chi connectivity index (χ2v) is 6.31. The number of hydrogen-bond acceptors (Lipinski definition) is 5. The van der Waals surface area contributed by atoms with E-state index in [2.05, 4.69) is 4.98 Å². The Hall–Kier alpha value is -2.47. The maximum Gasteiger partial charge on any atom is 0.343 e. The van der Waals surface area contributed by atoms with E-state index in [1.807, 2.05) is 0 Å². The van der Waals surface area contributed by atoms with Crippen LogP contribution < -0.4 is 10.2 Å². The van der Waals surface area contributed by atoms with E-state index in [1.165, 1.54) is 24.4 Å². The summed E-state index contributed by atoms with van der Waals surface area (Å²) in [5.74, 6) is 0.195. The van der Waals surface area contributed by atoms with E-state index in [0.717, 1.165) is 12.8 Å². The minimum atomic E-state index is -0.693. The van der Waals surface area contributed by atoms with E-state index in [1.54, 1.807) is 6.92 Å². The van der Waals surface area contributed by atoms with Crippen LogP contribution in [0.25, 0.3) is 11.3 Å². The molecule has 7 heteroatoms. The lowest BCUT2D eigenvalue weighted by Crippen LogP contribution is -2.17. The van der Waals surface area contributed by atoms with Gasteiger partial charge in [0.1, 0.15) is 17.1 Å². The maximum absolute atomic E-state index is 12.1. The smallest absolute Gasteiger partial charge is 0.343 e. The molecule has 1 aromatic heterocycles. The van der Waals surface area contributed by atoms with Gasteiger partial charge in [0.05, 0.1) is 23.9 Å². The molecule has 1 aromatic carbocycles. The number of H-pyrrole nitrogens is 1. The standard InChI is InChI=1S/C18H18ClNO5/c1-2-24-18(23)12-8-20-14(6-15(12)21)11-5-13(19)17(7-16(11)22)25-9-10-3-4-10/h5-8,10,22H,2-4,9H2,1H3,(H,20,21). The normalized spacial score (nSPS) is 13.5. The number of phenols is 1. The second-order valence-electron chi connectivity index (χ2n) is 5.90. The highest BCUT2D eigenvalue weighted by atomic mass is 35.5. The zero-order valence-corrected chi connectivity index (χ0v) is 14.4. The van der Waals surface area contributed by atoms with Crippen LogP contribution >= 0.6 is 11.6 Å². The Morgan fingerprint density at radius 3 is 2.76 bits per heavy atom. The van der Waals surface area contributed by atoms with Crippen molar-refractivity contribution in [1.82, 2.24) is 4.98 Å². The average Bonchev–Trinajstić information content (AvgIpc) is 3.39. The summed E-state index contributed by atoms with van der Waals surface area (Å²) in [7, 11) is 0. The first-order valence-corrected chi connectivity index (χ1v) is 8.43. The lowest BCUT2D eigenvalue weighted by atomic mass is 10.1. The summed E-state index contributed by atoms with van der Waals surface area (Å²) >= 11 is 6.22. The van der Waals surface area contributed by atoms with Crippen molar-refractivity contribution in [1.29, 1.82) is 0 Å². The summed E-state index contributed by atoms with van der Waals surface area (Å²) in [6.07, 6.45) is 3.56. The van der Waals surface area contributed by atoms with Gasteiger partial charge >= 0.3 is 5.97 Å². The van der Waals surface area contributed by atoms with Crippen LogP contribution in [-0.2, 0) is 4.74 Å². The molecule has 1 aliphatic carbocycles. The number of ether oxygens (including phenoxy) is 2. The minimum absolute atomic E-state index is 0.0743. The average molecular weight is 364 g/mol. The Morgan fingerprint density at radius 1 is 1.36 bits per heavy atom. The van der Waals surface area contributed by atoms with E-state index in [4.69, 9.17) is 21.1 Å². The molecule has 0 saturated heterocycles. The Balaban J connectivity index is 1.88. The molecule has 132 valence electrons. The van der Waals surface area contributed by atoms with Gasteiger partial charge in [-0.15, -0.1) is 0 Å². The highest BCUT2D eigenvalue weighted by Crippen LogP contribution is 2.38. The number of pyridine rings is 1. The van der Waals surface area contributed by atoms with Crippen molar-refractivity contribution >= 4 is 17.6 Å². The zero-order chi connectivity index (χ0) is 18.0. The van der Waals surface area contributed by atoms with Crippen molar-refractivity contribution in [3.63, 3.8) is 0 Å². The fourth-order valence-corrected chi connectivity index (χ4v) is 2.57. The first-order chi connectivity index (χ1) is 12.0. The molecule has 0 aliphatic heterocycles. The van der Waals surface area contributed by atoms with Crippen LogP contribution in [0, 0.1) is 5.92 Å². The molecule has 0 amide bonds. The summed E-state index contributed by atoms with van der Waals surface area (Å²) in [6.45, 7) is 2.41. The van der Waals surface area contributed by atoms with Gasteiger partial charge in [0, 0.05) is 23.9 Å². The maximum atomic E-state index is 12.1. The Bertz CT molecular complexity index is 857. The number of carbonyl (C=O) groups excluding carboxylic acids is 1. The van der Waals surface area contributed by atoms with Crippen LogP contribution in [0.5, 0.6) is 11.5 Å². The van der Waals surface area contributed by atoms with Gasteiger partial charge in [0.15, 0.2) is 5.43 Å². The van der Waals surface area contributed by atoms with Crippen molar-refractivity contribution in [2.45, 2.75) is 19.8 Å². The number of carbonyl (C=O) groups is 1. The number of nitrogens with one attached hydrogen (secondary N) is 1. The molecule has 1 fully saturated rings. The van der Waals surface area contributed by atoms with Gasteiger partial charge in [-0.3, -0.25) is 4.79 Å². The van der Waals surface area contributed by atoms with Gasteiger partial charge < -0.3 is 19.6 Å². The quantitative estimate of drug-likeness (QED) is 0.768. The number of benzene rings is 1. The molecule has 0 atom stereocenters. The molecule has 2 N–H and O–H groups in total. The fourth-order valence-electron chi connectivity index (χ4n) is 2.36. The van der Waals surface area contributed by atoms with Gasteiger partial charge in [-0.05, 0) is 31.7 Å². The van der Waals surface area contributed by atoms with Crippen molar-refractivity contribution in [2.24, 2.45) is 5.92 Å². The van der Waals surface area contributed by atoms with Gasteiger partial charge in [-0.1, -0.05) is 11.6 Å². The SMILES string of the molecule is CCOC(=O)c1c[nH]c(-c2cc(Cl)c(OCC3CC3)cc2O)cc1=O.